The highest BCUT2D eigenvalue weighted by atomic mass is 32.2. The normalized spacial score (nSPS) is 17.2. The molecule has 0 saturated carbocycles. The second-order valence-corrected chi connectivity index (χ2v) is 11.1. The van der Waals surface area contributed by atoms with Crippen LogP contribution < -0.4 is 9.47 Å². The van der Waals surface area contributed by atoms with Crippen LogP contribution in [0.2, 0.25) is 0 Å². The smallest absolute Gasteiger partial charge is 0.416 e. The van der Waals surface area contributed by atoms with Gasteiger partial charge in [-0.1, -0.05) is 42.5 Å². The molecule has 0 radical (unpaired) electrons. The van der Waals surface area contributed by atoms with Crippen molar-refractivity contribution in [1.29, 1.82) is 0 Å². The van der Waals surface area contributed by atoms with Crippen LogP contribution in [0, 0.1) is 0 Å². The number of thioether (sulfide) groups is 1. The summed E-state index contributed by atoms with van der Waals surface area (Å²) in [6, 6.07) is 16.2. The van der Waals surface area contributed by atoms with Gasteiger partial charge < -0.3 is 14.4 Å². The van der Waals surface area contributed by atoms with Gasteiger partial charge in [-0.15, -0.1) is 0 Å². The van der Waals surface area contributed by atoms with Crippen LogP contribution in [0.4, 0.5) is 26.3 Å². The van der Waals surface area contributed by atoms with Crippen molar-refractivity contribution < 1.29 is 40.6 Å². The van der Waals surface area contributed by atoms with Gasteiger partial charge in [-0.2, -0.15) is 31.3 Å². The number of carbonyl (C=O) groups excluding carboxylic acids is 1. The highest BCUT2D eigenvalue weighted by Crippen LogP contribution is 2.39. The first-order chi connectivity index (χ1) is 20.9. The Kier molecular flexibility index (Phi) is 9.26. The van der Waals surface area contributed by atoms with E-state index in [-0.39, 0.29) is 23.5 Å². The number of ether oxygens (including phenoxy) is 2. The number of benzene rings is 3. The Labute approximate surface area is 254 Å². The summed E-state index contributed by atoms with van der Waals surface area (Å²) in [5.41, 5.74) is -1.48. The molecule has 2 heterocycles. The molecule has 3 aromatic carbocycles. The van der Waals surface area contributed by atoms with E-state index in [0.29, 0.717) is 21.7 Å². The summed E-state index contributed by atoms with van der Waals surface area (Å²) in [4.78, 5) is 21.8. The van der Waals surface area contributed by atoms with E-state index in [9.17, 15) is 31.1 Å². The second-order valence-electron chi connectivity index (χ2n) is 10.1. The van der Waals surface area contributed by atoms with Gasteiger partial charge in [0.25, 0.3) is 5.91 Å². The second kappa shape index (κ2) is 12.9. The molecule has 1 amide bonds. The molecule has 13 heteroatoms. The Morgan fingerprint density at radius 2 is 1.61 bits per heavy atom. The number of alkyl halides is 6. The number of piperazine rings is 1. The number of amidine groups is 1. The molecule has 1 fully saturated rings. The fraction of sp³-hybridized carbons (Fsp3) is 0.290. The molecule has 1 saturated heterocycles. The summed E-state index contributed by atoms with van der Waals surface area (Å²) in [5, 5.41) is 0.629. The minimum absolute atomic E-state index is 0.0719. The number of hydrogen-bond donors (Lipinski definition) is 0. The lowest BCUT2D eigenvalue weighted by atomic mass is 10.0. The van der Waals surface area contributed by atoms with Crippen molar-refractivity contribution >= 4 is 28.9 Å². The van der Waals surface area contributed by atoms with Crippen molar-refractivity contribution in [2.75, 3.05) is 33.3 Å². The van der Waals surface area contributed by atoms with Gasteiger partial charge in [-0.25, -0.2) is 0 Å². The number of aliphatic imine (C=N–C) groups is 1. The van der Waals surface area contributed by atoms with Crippen molar-refractivity contribution in [3.8, 4) is 11.5 Å². The van der Waals surface area contributed by atoms with Gasteiger partial charge in [-0.05, 0) is 53.2 Å². The highest BCUT2D eigenvalue weighted by molar-refractivity contribution is 8.18. The minimum Gasteiger partial charge on any atom is -0.493 e. The Bertz CT molecular complexity index is 1570. The molecule has 0 aliphatic carbocycles. The zero-order valence-corrected chi connectivity index (χ0v) is 24.2. The number of amides is 1. The van der Waals surface area contributed by atoms with Gasteiger partial charge in [0.1, 0.15) is 6.61 Å². The van der Waals surface area contributed by atoms with Crippen LogP contribution in [0.3, 0.4) is 0 Å². The van der Waals surface area contributed by atoms with Gasteiger partial charge in [0.15, 0.2) is 16.7 Å². The van der Waals surface area contributed by atoms with Crippen LogP contribution in [0.15, 0.2) is 76.6 Å². The van der Waals surface area contributed by atoms with Crippen LogP contribution in [0.5, 0.6) is 11.5 Å². The van der Waals surface area contributed by atoms with E-state index in [1.165, 1.54) is 30.5 Å². The minimum atomic E-state index is -5.01. The molecular formula is C31H27F6N3O3S. The fourth-order valence-electron chi connectivity index (χ4n) is 4.81. The standard InChI is InChI=1S/C31H27F6N3O3S/c1-42-26-15-21(7-10-25(26)43-19-22-8-9-23(30(32,33)34)17-24(22)31(35,36)37)16-27-28(41)38-29(44-27)40-13-11-39(12-14-40)18-20-5-3-2-4-6-20/h2-10,15-17H,11-14,18-19H2,1H3/b27-16+. The summed E-state index contributed by atoms with van der Waals surface area (Å²) >= 11 is 1.27. The Morgan fingerprint density at radius 3 is 2.27 bits per heavy atom. The van der Waals surface area contributed by atoms with Crippen molar-refractivity contribution in [2.24, 2.45) is 4.99 Å². The first-order valence-corrected chi connectivity index (χ1v) is 14.3. The van der Waals surface area contributed by atoms with E-state index in [4.69, 9.17) is 9.47 Å². The maximum atomic E-state index is 13.5. The SMILES string of the molecule is COc1cc(/C=C2/SC(N3CCN(Cc4ccccc4)CC3)=NC2=O)ccc1OCc1ccc(C(F)(F)F)cc1C(F)(F)F. The topological polar surface area (TPSA) is 54.4 Å². The van der Waals surface area contributed by atoms with Crippen LogP contribution >= 0.6 is 11.8 Å². The molecule has 44 heavy (non-hydrogen) atoms. The number of carbonyl (C=O) groups is 1. The summed E-state index contributed by atoms with van der Waals surface area (Å²) in [6.45, 7) is 3.33. The molecule has 0 atom stereocenters. The monoisotopic (exact) mass is 635 g/mol. The predicted molar refractivity (Wildman–Crippen MR) is 155 cm³/mol. The number of rotatable bonds is 7. The molecule has 0 bridgehead atoms. The van der Waals surface area contributed by atoms with Crippen molar-refractivity contribution in [3.63, 3.8) is 0 Å². The average Bonchev–Trinajstić information content (AvgIpc) is 3.35. The maximum absolute atomic E-state index is 13.5. The molecule has 2 aliphatic rings. The fourth-order valence-corrected chi connectivity index (χ4v) is 5.78. The zero-order chi connectivity index (χ0) is 31.5. The Hall–Kier alpha value is -3.97. The number of hydrogen-bond acceptors (Lipinski definition) is 6. The van der Waals surface area contributed by atoms with Gasteiger partial charge in [0, 0.05) is 38.3 Å². The molecule has 2 aliphatic heterocycles. The first kappa shape index (κ1) is 31.5. The molecule has 6 nitrogen and oxygen atoms in total. The molecule has 232 valence electrons. The highest BCUT2D eigenvalue weighted by Gasteiger charge is 2.38. The number of halogens is 6. The van der Waals surface area contributed by atoms with E-state index in [1.807, 2.05) is 18.2 Å². The van der Waals surface area contributed by atoms with Crippen LogP contribution in [0.25, 0.3) is 6.08 Å². The third kappa shape index (κ3) is 7.56. The molecular weight excluding hydrogens is 608 g/mol. The summed E-state index contributed by atoms with van der Waals surface area (Å²) in [5.74, 6) is -0.123. The third-order valence-corrected chi connectivity index (χ3v) is 8.16. The first-order valence-electron chi connectivity index (χ1n) is 13.5. The van der Waals surface area contributed by atoms with Crippen LogP contribution in [-0.4, -0.2) is 54.2 Å². The lowest BCUT2D eigenvalue weighted by molar-refractivity contribution is -0.143. The third-order valence-electron chi connectivity index (χ3n) is 7.11. The lowest BCUT2D eigenvalue weighted by Crippen LogP contribution is -2.47. The van der Waals surface area contributed by atoms with Crippen molar-refractivity contribution in [3.05, 3.63) is 99.5 Å². The van der Waals surface area contributed by atoms with E-state index in [0.717, 1.165) is 38.8 Å². The van der Waals surface area contributed by atoms with Gasteiger partial charge >= 0.3 is 12.4 Å². The largest absolute Gasteiger partial charge is 0.493 e. The maximum Gasteiger partial charge on any atom is 0.416 e. The molecule has 5 rings (SSSR count). The molecule has 0 spiro atoms. The van der Waals surface area contributed by atoms with Gasteiger partial charge in [0.05, 0.1) is 23.1 Å². The molecule has 3 aromatic rings. The summed E-state index contributed by atoms with van der Waals surface area (Å²) in [7, 11) is 1.34. The van der Waals surface area contributed by atoms with Crippen LogP contribution in [0.1, 0.15) is 27.8 Å². The van der Waals surface area contributed by atoms with Crippen LogP contribution in [-0.2, 0) is 30.3 Å². The van der Waals surface area contributed by atoms with E-state index in [1.54, 1.807) is 18.2 Å². The Morgan fingerprint density at radius 1 is 0.886 bits per heavy atom. The quantitative estimate of drug-likeness (QED) is 0.204. The van der Waals surface area contributed by atoms with Gasteiger partial charge in [0.2, 0.25) is 0 Å². The molecule has 0 aromatic heterocycles. The van der Waals surface area contributed by atoms with Crippen molar-refractivity contribution in [1.82, 2.24) is 9.80 Å². The predicted octanol–water partition coefficient (Wildman–Crippen LogP) is 7.10. The Balaban J connectivity index is 1.22. The number of nitrogens with zero attached hydrogens (tertiary/aromatic N) is 3. The van der Waals surface area contributed by atoms with E-state index >= 15 is 0 Å². The molecule has 0 N–H and O–H groups in total. The molecule has 0 unspecified atom stereocenters. The number of methoxy groups -OCH3 is 1. The van der Waals surface area contributed by atoms with Crippen molar-refractivity contribution in [2.45, 2.75) is 25.5 Å². The van der Waals surface area contributed by atoms with Gasteiger partial charge in [-0.3, -0.25) is 9.69 Å². The summed E-state index contributed by atoms with van der Waals surface area (Å²) in [6.07, 6.45) is -8.30. The van der Waals surface area contributed by atoms with E-state index in [2.05, 4.69) is 26.9 Å². The van der Waals surface area contributed by atoms with E-state index < -0.39 is 35.6 Å². The lowest BCUT2D eigenvalue weighted by Gasteiger charge is -2.35. The summed E-state index contributed by atoms with van der Waals surface area (Å²) < 4.78 is 90.4. The zero-order valence-electron chi connectivity index (χ0n) is 23.4. The average molecular weight is 636 g/mol.